The molecule has 2 fully saturated rings. The average molecular weight is 463 g/mol. The van der Waals surface area contributed by atoms with Gasteiger partial charge in [0.05, 0.1) is 11.4 Å². The van der Waals surface area contributed by atoms with E-state index in [0.717, 1.165) is 35.6 Å². The lowest BCUT2D eigenvalue weighted by molar-refractivity contribution is 0.170. The van der Waals surface area contributed by atoms with Crippen molar-refractivity contribution in [1.82, 2.24) is 15.0 Å². The van der Waals surface area contributed by atoms with Gasteiger partial charge in [-0.3, -0.25) is 4.98 Å². The second-order valence-electron chi connectivity index (χ2n) is 10.2. The summed E-state index contributed by atoms with van der Waals surface area (Å²) in [6, 6.07) is 10.5. The molecule has 7 heteroatoms. The van der Waals surface area contributed by atoms with E-state index in [-0.39, 0.29) is 17.1 Å². The van der Waals surface area contributed by atoms with Crippen LogP contribution in [-0.4, -0.2) is 34.2 Å². The first-order valence-electron chi connectivity index (χ1n) is 12.1. The summed E-state index contributed by atoms with van der Waals surface area (Å²) in [6.45, 7) is 7.48. The minimum absolute atomic E-state index is 0.125. The molecule has 2 amide bonds. The molecule has 0 radical (unpaired) electrons. The Hall–Kier alpha value is -3.22. The van der Waals surface area contributed by atoms with Gasteiger partial charge in [0.2, 0.25) is 0 Å². The summed E-state index contributed by atoms with van der Waals surface area (Å²) in [5, 5.41) is 7.16. The molecule has 0 bridgehead atoms. The maximum Gasteiger partial charge on any atom is 0.321 e. The van der Waals surface area contributed by atoms with Crippen LogP contribution >= 0.6 is 0 Å². The summed E-state index contributed by atoms with van der Waals surface area (Å²) in [4.78, 5) is 19.3. The van der Waals surface area contributed by atoms with Gasteiger partial charge in [0.15, 0.2) is 0 Å². The van der Waals surface area contributed by atoms with E-state index in [1.807, 2.05) is 12.1 Å². The fraction of sp³-hybridized carbons (Fsp3) is 0.444. The van der Waals surface area contributed by atoms with Crippen molar-refractivity contribution in [3.05, 3.63) is 65.6 Å². The van der Waals surface area contributed by atoms with Gasteiger partial charge in [0.25, 0.3) is 0 Å². The van der Waals surface area contributed by atoms with Crippen molar-refractivity contribution in [3.8, 4) is 11.1 Å². The van der Waals surface area contributed by atoms with Crippen molar-refractivity contribution in [2.75, 3.05) is 18.4 Å². The van der Waals surface area contributed by atoms with Gasteiger partial charge in [-0.05, 0) is 43.7 Å². The van der Waals surface area contributed by atoms with E-state index in [1.54, 1.807) is 23.2 Å². The smallest absolute Gasteiger partial charge is 0.321 e. The van der Waals surface area contributed by atoms with Gasteiger partial charge in [-0.2, -0.15) is 0 Å². The molecular formula is C27H31FN4O2. The number of likely N-dealkylation sites (tertiary alicyclic amines) is 1. The molecule has 1 saturated carbocycles. The minimum Gasteiger partial charge on any atom is -0.361 e. The number of hydrogen-bond donors (Lipinski definition) is 1. The van der Waals surface area contributed by atoms with E-state index in [1.165, 1.54) is 18.9 Å². The molecule has 0 atom stereocenters. The lowest BCUT2D eigenvalue weighted by atomic mass is 9.77. The Morgan fingerprint density at radius 1 is 1.21 bits per heavy atom. The van der Waals surface area contributed by atoms with E-state index in [4.69, 9.17) is 4.52 Å². The van der Waals surface area contributed by atoms with Gasteiger partial charge in [0.1, 0.15) is 11.6 Å². The Bertz CT molecular complexity index is 1180. The number of piperidine rings is 1. The summed E-state index contributed by atoms with van der Waals surface area (Å²) < 4.78 is 20.4. The van der Waals surface area contributed by atoms with E-state index < -0.39 is 5.82 Å². The summed E-state index contributed by atoms with van der Waals surface area (Å²) in [7, 11) is 0. The van der Waals surface area contributed by atoms with Crippen LogP contribution in [0.3, 0.4) is 0 Å². The van der Waals surface area contributed by atoms with Crippen LogP contribution in [0.4, 0.5) is 14.9 Å². The van der Waals surface area contributed by atoms with Gasteiger partial charge in [0, 0.05) is 53.5 Å². The van der Waals surface area contributed by atoms with E-state index in [9.17, 15) is 9.18 Å². The number of benzene rings is 1. The van der Waals surface area contributed by atoms with Crippen molar-refractivity contribution in [1.29, 1.82) is 0 Å². The Morgan fingerprint density at radius 2 is 1.97 bits per heavy atom. The lowest BCUT2D eigenvalue weighted by Gasteiger charge is -2.38. The molecule has 5 rings (SSSR count). The van der Waals surface area contributed by atoms with Crippen molar-refractivity contribution < 1.29 is 13.7 Å². The number of para-hydroxylation sites is 1. The molecule has 1 saturated heterocycles. The highest BCUT2D eigenvalue weighted by molar-refractivity contribution is 5.94. The normalized spacial score (nSPS) is 17.7. The van der Waals surface area contributed by atoms with Crippen molar-refractivity contribution >= 4 is 11.7 Å². The molecular weight excluding hydrogens is 431 g/mol. The molecule has 3 heterocycles. The number of rotatable bonds is 5. The number of aromatic nitrogens is 2. The Balaban J connectivity index is 1.28. The monoisotopic (exact) mass is 462 g/mol. The third-order valence-corrected chi connectivity index (χ3v) is 7.22. The number of carbonyl (C=O) groups excluding carboxylic acids is 1. The number of pyridine rings is 1. The number of urea groups is 1. The van der Waals surface area contributed by atoms with Crippen LogP contribution in [0.1, 0.15) is 75.4 Å². The average Bonchev–Trinajstić information content (AvgIpc) is 3.56. The Kier molecular flexibility index (Phi) is 5.88. The molecule has 3 aromatic rings. The van der Waals surface area contributed by atoms with Crippen molar-refractivity contribution in [2.45, 2.75) is 63.7 Å². The van der Waals surface area contributed by atoms with Gasteiger partial charge in [-0.25, -0.2) is 9.18 Å². The number of anilines is 1. The Morgan fingerprint density at radius 3 is 2.62 bits per heavy atom. The van der Waals surface area contributed by atoms with Crippen LogP contribution in [0, 0.1) is 5.82 Å². The molecule has 1 aliphatic carbocycles. The maximum absolute atomic E-state index is 14.8. The number of nitrogens with one attached hydrogen (secondary N) is 1. The topological polar surface area (TPSA) is 71.3 Å². The van der Waals surface area contributed by atoms with Crippen LogP contribution in [0.15, 0.2) is 47.1 Å². The van der Waals surface area contributed by atoms with Gasteiger partial charge >= 0.3 is 6.03 Å². The highest BCUT2D eigenvalue weighted by Gasteiger charge is 2.38. The molecule has 2 aliphatic rings. The summed E-state index contributed by atoms with van der Waals surface area (Å²) >= 11 is 0. The number of carbonyl (C=O) groups is 1. The highest BCUT2D eigenvalue weighted by Crippen LogP contribution is 2.43. The second-order valence-corrected chi connectivity index (χ2v) is 10.2. The zero-order valence-electron chi connectivity index (χ0n) is 20.0. The lowest BCUT2D eigenvalue weighted by Crippen LogP contribution is -2.45. The fourth-order valence-electron chi connectivity index (χ4n) is 4.58. The predicted molar refractivity (Wildman–Crippen MR) is 129 cm³/mol. The van der Waals surface area contributed by atoms with Crippen molar-refractivity contribution in [3.63, 3.8) is 0 Å². The summed E-state index contributed by atoms with van der Waals surface area (Å²) in [5.41, 5.74) is 3.39. The van der Waals surface area contributed by atoms with Crippen LogP contribution < -0.4 is 5.32 Å². The van der Waals surface area contributed by atoms with Gasteiger partial charge < -0.3 is 14.7 Å². The molecule has 178 valence electrons. The molecule has 6 nitrogen and oxygen atoms in total. The number of nitrogens with zero attached hydrogens (tertiary/aromatic N) is 3. The highest BCUT2D eigenvalue weighted by atomic mass is 19.1. The fourth-order valence-corrected chi connectivity index (χ4v) is 4.58. The molecule has 0 unspecified atom stereocenters. The standard InChI is InChI=1S/C27H31FN4O2/c1-17(2)22-10-9-19(16-29-22)20-5-4-6-21(28)25(20)30-26(33)32-13-11-27(3,12-14-32)24-15-23(34-31-24)18-7-8-18/h4-6,9-10,15-18H,7-8,11-14H2,1-3H3,(H,30,33). The van der Waals surface area contributed by atoms with E-state index in [0.29, 0.717) is 30.5 Å². The first-order chi connectivity index (χ1) is 16.3. The van der Waals surface area contributed by atoms with Gasteiger partial charge in [-0.1, -0.05) is 44.1 Å². The quantitative estimate of drug-likeness (QED) is 0.472. The number of hydrogen-bond acceptors (Lipinski definition) is 4. The predicted octanol–water partition coefficient (Wildman–Crippen LogP) is 6.46. The first-order valence-corrected chi connectivity index (χ1v) is 12.1. The molecule has 1 aliphatic heterocycles. The number of halogens is 1. The zero-order valence-corrected chi connectivity index (χ0v) is 20.0. The molecule has 0 spiro atoms. The molecule has 2 aromatic heterocycles. The summed E-state index contributed by atoms with van der Waals surface area (Å²) in [6.07, 6.45) is 5.65. The SMILES string of the molecule is CC(C)c1ccc(-c2cccc(F)c2NC(=O)N2CCC(C)(c3cc(C4CC4)on3)CC2)cn1. The molecule has 34 heavy (non-hydrogen) atoms. The van der Waals surface area contributed by atoms with E-state index in [2.05, 4.69) is 42.3 Å². The zero-order chi connectivity index (χ0) is 23.9. The largest absolute Gasteiger partial charge is 0.361 e. The van der Waals surface area contributed by atoms with E-state index >= 15 is 0 Å². The summed E-state index contributed by atoms with van der Waals surface area (Å²) in [5.74, 6) is 1.36. The second kappa shape index (κ2) is 8.85. The molecule has 1 N–H and O–H groups in total. The third-order valence-electron chi connectivity index (χ3n) is 7.22. The molecule has 1 aromatic carbocycles. The van der Waals surface area contributed by atoms with Crippen LogP contribution in [0.5, 0.6) is 0 Å². The van der Waals surface area contributed by atoms with Gasteiger partial charge in [-0.15, -0.1) is 0 Å². The first kappa shape index (κ1) is 22.6. The minimum atomic E-state index is -0.462. The maximum atomic E-state index is 14.8. The van der Waals surface area contributed by atoms with Crippen molar-refractivity contribution in [2.24, 2.45) is 0 Å². The Labute approximate surface area is 199 Å². The third kappa shape index (κ3) is 4.43. The van der Waals surface area contributed by atoms with Crippen LogP contribution in [0.25, 0.3) is 11.1 Å². The van der Waals surface area contributed by atoms with Crippen LogP contribution in [-0.2, 0) is 5.41 Å². The van der Waals surface area contributed by atoms with Crippen LogP contribution in [0.2, 0.25) is 0 Å². The number of amides is 2.